The van der Waals surface area contributed by atoms with Gasteiger partial charge in [-0.3, -0.25) is 10.1 Å². The number of aromatic hydroxyl groups is 1. The Kier molecular flexibility index (Phi) is 4.80. The summed E-state index contributed by atoms with van der Waals surface area (Å²) in [6.45, 7) is 1.98. The van der Waals surface area contributed by atoms with Crippen molar-refractivity contribution in [1.82, 2.24) is 0 Å². The van der Waals surface area contributed by atoms with Crippen molar-refractivity contribution in [3.63, 3.8) is 0 Å². The van der Waals surface area contributed by atoms with Gasteiger partial charge in [-0.25, -0.2) is 0 Å². The van der Waals surface area contributed by atoms with Crippen molar-refractivity contribution in [2.45, 2.75) is 19.4 Å². The van der Waals surface area contributed by atoms with Crippen molar-refractivity contribution in [1.29, 1.82) is 0 Å². The summed E-state index contributed by atoms with van der Waals surface area (Å²) in [6, 6.07) is 11.5. The minimum absolute atomic E-state index is 0.0211. The Morgan fingerprint density at radius 3 is 2.67 bits per heavy atom. The number of halogens is 1. The van der Waals surface area contributed by atoms with E-state index in [1.165, 1.54) is 12.1 Å². The molecule has 0 aliphatic carbocycles. The number of non-ortho nitro benzene ring substituents is 1. The second-order valence-corrected chi connectivity index (χ2v) is 5.44. The van der Waals surface area contributed by atoms with E-state index in [0.29, 0.717) is 5.69 Å². The van der Waals surface area contributed by atoms with Crippen molar-refractivity contribution >= 4 is 27.3 Å². The maximum atomic E-state index is 10.9. The quantitative estimate of drug-likeness (QED) is 0.609. The van der Waals surface area contributed by atoms with Crippen molar-refractivity contribution < 1.29 is 10.0 Å². The van der Waals surface area contributed by atoms with Gasteiger partial charge in [-0.05, 0) is 34.5 Å². The van der Waals surface area contributed by atoms with Crippen LogP contribution in [0.4, 0.5) is 11.4 Å². The fourth-order valence-corrected chi connectivity index (χ4v) is 2.47. The molecule has 6 heteroatoms. The van der Waals surface area contributed by atoms with Gasteiger partial charge in [0.05, 0.1) is 16.7 Å². The van der Waals surface area contributed by atoms with Crippen LogP contribution in [-0.4, -0.2) is 10.0 Å². The molecule has 0 fully saturated rings. The van der Waals surface area contributed by atoms with Gasteiger partial charge in [0, 0.05) is 22.2 Å². The molecule has 0 amide bonds. The number of phenolic OH excluding ortho intramolecular Hbond substituents is 1. The average molecular weight is 351 g/mol. The van der Waals surface area contributed by atoms with Crippen LogP contribution in [0.15, 0.2) is 46.9 Å². The zero-order valence-corrected chi connectivity index (χ0v) is 13.0. The number of benzene rings is 2. The zero-order valence-electron chi connectivity index (χ0n) is 11.4. The van der Waals surface area contributed by atoms with Crippen molar-refractivity contribution in [3.8, 4) is 5.75 Å². The van der Waals surface area contributed by atoms with Crippen LogP contribution in [0.25, 0.3) is 0 Å². The van der Waals surface area contributed by atoms with Crippen LogP contribution in [0.2, 0.25) is 0 Å². The summed E-state index contributed by atoms with van der Waals surface area (Å²) in [5.74, 6) is 0.207. The molecule has 110 valence electrons. The molecule has 2 aromatic carbocycles. The summed E-state index contributed by atoms with van der Waals surface area (Å²) in [4.78, 5) is 10.4. The minimum Gasteiger partial charge on any atom is -0.508 e. The molecule has 1 unspecified atom stereocenters. The highest BCUT2D eigenvalue weighted by Gasteiger charge is 2.16. The first-order valence-electron chi connectivity index (χ1n) is 6.51. The molecule has 0 aliphatic heterocycles. The fraction of sp³-hybridized carbons (Fsp3) is 0.200. The second kappa shape index (κ2) is 6.58. The van der Waals surface area contributed by atoms with Gasteiger partial charge >= 0.3 is 0 Å². The van der Waals surface area contributed by atoms with Crippen LogP contribution < -0.4 is 5.32 Å². The minimum atomic E-state index is -0.432. The van der Waals surface area contributed by atoms with E-state index in [4.69, 9.17) is 0 Å². The van der Waals surface area contributed by atoms with E-state index in [1.54, 1.807) is 18.2 Å². The Balaban J connectivity index is 2.33. The lowest BCUT2D eigenvalue weighted by Gasteiger charge is -2.20. The molecule has 2 aromatic rings. The van der Waals surface area contributed by atoms with Crippen LogP contribution >= 0.6 is 15.9 Å². The summed E-state index contributed by atoms with van der Waals surface area (Å²) in [5.41, 5.74) is 1.41. The van der Waals surface area contributed by atoms with Gasteiger partial charge in [0.25, 0.3) is 5.69 Å². The third kappa shape index (κ3) is 3.52. The zero-order chi connectivity index (χ0) is 15.4. The van der Waals surface area contributed by atoms with Crippen molar-refractivity contribution in [2.24, 2.45) is 0 Å². The largest absolute Gasteiger partial charge is 0.508 e. The number of para-hydroxylation sites is 1. The average Bonchev–Trinajstić information content (AvgIpc) is 2.47. The summed E-state index contributed by atoms with van der Waals surface area (Å²) in [7, 11) is 0. The molecule has 0 aromatic heterocycles. The number of nitrogens with one attached hydrogen (secondary N) is 1. The highest BCUT2D eigenvalue weighted by atomic mass is 79.9. The smallest absolute Gasteiger partial charge is 0.271 e. The van der Waals surface area contributed by atoms with Crippen LogP contribution in [-0.2, 0) is 0 Å². The molecule has 0 aliphatic rings. The highest BCUT2D eigenvalue weighted by molar-refractivity contribution is 9.10. The molecule has 0 bridgehead atoms. The lowest BCUT2D eigenvalue weighted by molar-refractivity contribution is -0.384. The summed E-state index contributed by atoms with van der Waals surface area (Å²) in [5, 5.41) is 24.0. The normalized spacial score (nSPS) is 11.9. The monoisotopic (exact) mass is 350 g/mol. The van der Waals surface area contributed by atoms with Crippen molar-refractivity contribution in [3.05, 3.63) is 62.6 Å². The van der Waals surface area contributed by atoms with E-state index in [2.05, 4.69) is 21.2 Å². The van der Waals surface area contributed by atoms with Crippen LogP contribution in [0, 0.1) is 10.1 Å². The van der Waals surface area contributed by atoms with Crippen molar-refractivity contribution in [2.75, 3.05) is 5.32 Å². The Labute approximate surface area is 130 Å². The van der Waals surface area contributed by atoms with Crippen LogP contribution in [0.1, 0.15) is 24.9 Å². The molecule has 21 heavy (non-hydrogen) atoms. The number of anilines is 1. The predicted molar refractivity (Wildman–Crippen MR) is 85.6 cm³/mol. The van der Waals surface area contributed by atoms with E-state index in [1.807, 2.05) is 19.1 Å². The van der Waals surface area contributed by atoms with Gasteiger partial charge in [-0.1, -0.05) is 25.1 Å². The first kappa shape index (κ1) is 15.3. The Morgan fingerprint density at radius 1 is 1.33 bits per heavy atom. The number of hydrogen-bond donors (Lipinski definition) is 2. The number of hydrogen-bond acceptors (Lipinski definition) is 4. The number of phenols is 1. The predicted octanol–water partition coefficient (Wildman–Crippen LogP) is 4.63. The number of nitro groups is 1. The van der Waals surface area contributed by atoms with Gasteiger partial charge < -0.3 is 10.4 Å². The molecule has 2 rings (SSSR count). The SMILES string of the molecule is CCC(Nc1cc([N+](=O)[O-])ccc1Br)c1ccccc1O. The molecule has 5 nitrogen and oxygen atoms in total. The summed E-state index contributed by atoms with van der Waals surface area (Å²) >= 11 is 3.38. The van der Waals surface area contributed by atoms with Gasteiger partial charge in [-0.2, -0.15) is 0 Å². The maximum absolute atomic E-state index is 10.9. The standard InChI is InChI=1S/C15H15BrN2O3/c1-2-13(11-5-3-4-6-15(11)19)17-14-9-10(18(20)21)7-8-12(14)16/h3-9,13,17,19H,2H2,1H3. The first-order valence-corrected chi connectivity index (χ1v) is 7.30. The molecule has 0 heterocycles. The third-order valence-corrected chi connectivity index (χ3v) is 3.90. The molecule has 0 radical (unpaired) electrons. The summed E-state index contributed by atoms with van der Waals surface area (Å²) in [6.07, 6.45) is 0.729. The first-order chi connectivity index (χ1) is 10.0. The molecule has 0 spiro atoms. The topological polar surface area (TPSA) is 75.4 Å². The number of nitrogens with zero attached hydrogens (tertiary/aromatic N) is 1. The van der Waals surface area contributed by atoms with E-state index in [-0.39, 0.29) is 17.5 Å². The lowest BCUT2D eigenvalue weighted by Crippen LogP contribution is -2.10. The van der Waals surface area contributed by atoms with Gasteiger partial charge in [0.15, 0.2) is 0 Å². The molecular weight excluding hydrogens is 336 g/mol. The van der Waals surface area contributed by atoms with Gasteiger partial charge in [0.2, 0.25) is 0 Å². The lowest BCUT2D eigenvalue weighted by atomic mass is 10.0. The molecule has 1 atom stereocenters. The van der Waals surface area contributed by atoms with Crippen LogP contribution in [0.3, 0.4) is 0 Å². The van der Waals surface area contributed by atoms with E-state index >= 15 is 0 Å². The van der Waals surface area contributed by atoms with E-state index in [0.717, 1.165) is 16.5 Å². The van der Waals surface area contributed by atoms with E-state index < -0.39 is 4.92 Å². The molecule has 0 saturated carbocycles. The Morgan fingerprint density at radius 2 is 2.05 bits per heavy atom. The van der Waals surface area contributed by atoms with E-state index in [9.17, 15) is 15.2 Å². The van der Waals surface area contributed by atoms with Gasteiger partial charge in [-0.15, -0.1) is 0 Å². The third-order valence-electron chi connectivity index (χ3n) is 3.21. The van der Waals surface area contributed by atoms with Gasteiger partial charge in [0.1, 0.15) is 5.75 Å². The second-order valence-electron chi connectivity index (χ2n) is 4.59. The fourth-order valence-electron chi connectivity index (χ4n) is 2.11. The number of nitro benzene ring substituents is 1. The Hall–Kier alpha value is -2.08. The summed E-state index contributed by atoms with van der Waals surface area (Å²) < 4.78 is 0.738. The molecular formula is C15H15BrN2O3. The molecule has 2 N–H and O–H groups in total. The number of rotatable bonds is 5. The maximum Gasteiger partial charge on any atom is 0.271 e. The highest BCUT2D eigenvalue weighted by Crippen LogP contribution is 2.33. The Bertz CT molecular complexity index is 661. The molecule has 0 saturated heterocycles. The van der Waals surface area contributed by atoms with Crippen LogP contribution in [0.5, 0.6) is 5.75 Å².